The van der Waals surface area contributed by atoms with E-state index in [1.54, 1.807) is 24.8 Å². The van der Waals surface area contributed by atoms with Crippen LogP contribution in [0, 0.1) is 23.7 Å². The van der Waals surface area contributed by atoms with Crippen molar-refractivity contribution >= 4 is 75.2 Å². The van der Waals surface area contributed by atoms with Crippen LogP contribution in [0.3, 0.4) is 0 Å². The van der Waals surface area contributed by atoms with Gasteiger partial charge in [0.15, 0.2) is 0 Å². The molecule has 8 aromatic rings. The third kappa shape index (κ3) is 7.31. The quantitative estimate of drug-likeness (QED) is 0.132. The van der Waals surface area contributed by atoms with Gasteiger partial charge in [0.2, 0.25) is 0 Å². The zero-order chi connectivity index (χ0) is 40.7. The van der Waals surface area contributed by atoms with Crippen molar-refractivity contribution in [2.75, 3.05) is 19.8 Å². The van der Waals surface area contributed by atoms with Crippen LogP contribution >= 0.6 is 31.9 Å². The summed E-state index contributed by atoms with van der Waals surface area (Å²) >= 11 is 7.25. The van der Waals surface area contributed by atoms with Crippen LogP contribution in [0.15, 0.2) is 110 Å². The number of fused-ring (bicyclic) bond motifs is 6. The van der Waals surface area contributed by atoms with E-state index >= 15 is 0 Å². The van der Waals surface area contributed by atoms with E-state index in [4.69, 9.17) is 24.4 Å². The first-order valence-electron chi connectivity index (χ1n) is 19.8. The maximum absolute atomic E-state index is 13.4. The van der Waals surface area contributed by atoms with Crippen LogP contribution < -0.4 is 11.1 Å². The molecule has 2 atom stereocenters. The van der Waals surface area contributed by atoms with Gasteiger partial charge < -0.3 is 19.4 Å². The Labute approximate surface area is 360 Å². The number of nitrogens with one attached hydrogen (secondary N) is 2. The number of nitrogens with zero attached hydrogens (tertiary/aromatic N) is 4. The fraction of sp³-hybridized carbons (Fsp3) is 0.208. The van der Waals surface area contributed by atoms with Gasteiger partial charge in [-0.05, 0) is 90.9 Å². The lowest BCUT2D eigenvalue weighted by Gasteiger charge is -2.30. The lowest BCUT2D eigenvalue weighted by Crippen LogP contribution is -2.21. The van der Waals surface area contributed by atoms with Crippen LogP contribution in [0.2, 0.25) is 0 Å². The number of rotatable bonds is 3. The molecule has 10 rings (SSSR count). The van der Waals surface area contributed by atoms with E-state index in [2.05, 4.69) is 70.5 Å². The molecule has 2 saturated heterocycles. The second-order valence-corrected chi connectivity index (χ2v) is 16.9. The highest BCUT2D eigenvalue weighted by Gasteiger charge is 2.30. The Morgan fingerprint density at radius 1 is 0.633 bits per heavy atom. The molecule has 0 saturated carbocycles. The molecule has 0 amide bonds. The van der Waals surface area contributed by atoms with Gasteiger partial charge in [-0.1, -0.05) is 67.8 Å². The first-order valence-corrected chi connectivity index (χ1v) is 21.4. The van der Waals surface area contributed by atoms with Crippen molar-refractivity contribution in [1.29, 1.82) is 0 Å². The largest absolute Gasteiger partial charge is 0.381 e. The summed E-state index contributed by atoms with van der Waals surface area (Å²) in [5.74, 6) is 13.2. The average molecular weight is 919 g/mol. The van der Waals surface area contributed by atoms with E-state index in [9.17, 15) is 9.59 Å². The van der Waals surface area contributed by atoms with Crippen LogP contribution in [0.4, 0.5) is 0 Å². The maximum atomic E-state index is 13.4. The molecule has 2 aliphatic rings. The number of aromatic nitrogens is 6. The number of ether oxygens (including phenoxy) is 2. The van der Waals surface area contributed by atoms with E-state index in [-0.39, 0.29) is 29.1 Å². The molecule has 10 nitrogen and oxygen atoms in total. The number of halogens is 2. The molecule has 294 valence electrons. The Morgan fingerprint density at radius 2 is 1.27 bits per heavy atom. The highest BCUT2D eigenvalue weighted by Crippen LogP contribution is 2.41. The van der Waals surface area contributed by atoms with Crippen LogP contribution in [0.1, 0.15) is 83.1 Å². The minimum absolute atomic E-state index is 0.00242. The fourth-order valence-electron chi connectivity index (χ4n) is 8.47. The van der Waals surface area contributed by atoms with Gasteiger partial charge in [0.25, 0.3) is 11.1 Å². The van der Waals surface area contributed by atoms with E-state index in [0.29, 0.717) is 64.9 Å². The van der Waals surface area contributed by atoms with Gasteiger partial charge in [-0.25, -0.2) is 4.98 Å². The number of hydrogen-bond donors (Lipinski definition) is 2. The summed E-state index contributed by atoms with van der Waals surface area (Å²) in [7, 11) is 0. The van der Waals surface area contributed by atoms with Crippen LogP contribution in [0.5, 0.6) is 0 Å². The summed E-state index contributed by atoms with van der Waals surface area (Å²) in [6, 6.07) is 21.4. The molecule has 0 aliphatic carbocycles. The smallest absolute Gasteiger partial charge is 0.258 e. The molecule has 0 spiro atoms. The SMILES string of the molecule is O=c1[nH]cc(C#Cc2ccnc(C3CC(c4nc5c(C#Cc6ccccn6)c[nH]c(=O)c5c5cc(Br)ccc45)CCO3)c2)c2nc(C3CCOCC3)c3ccc(Br)cc3c12. The molecule has 60 heavy (non-hydrogen) atoms. The minimum atomic E-state index is -0.321. The van der Waals surface area contributed by atoms with E-state index in [0.717, 1.165) is 72.4 Å². The van der Waals surface area contributed by atoms with Crippen molar-refractivity contribution in [3.8, 4) is 23.7 Å². The summed E-state index contributed by atoms with van der Waals surface area (Å²) in [5.41, 5.74) is 5.95. The first-order chi connectivity index (χ1) is 29.4. The van der Waals surface area contributed by atoms with Crippen molar-refractivity contribution in [1.82, 2.24) is 29.9 Å². The summed E-state index contributed by atoms with van der Waals surface area (Å²) in [6.07, 6.45) is 9.51. The van der Waals surface area contributed by atoms with Gasteiger partial charge >= 0.3 is 0 Å². The fourth-order valence-corrected chi connectivity index (χ4v) is 9.19. The van der Waals surface area contributed by atoms with E-state index in [1.165, 1.54) is 0 Å². The van der Waals surface area contributed by atoms with Crippen LogP contribution in [0.25, 0.3) is 43.4 Å². The summed E-state index contributed by atoms with van der Waals surface area (Å²) in [6.45, 7) is 1.86. The molecular formula is C48H34Br2N6O4. The van der Waals surface area contributed by atoms with Crippen molar-refractivity contribution in [2.24, 2.45) is 0 Å². The molecule has 12 heteroatoms. The minimum Gasteiger partial charge on any atom is -0.381 e. The van der Waals surface area contributed by atoms with Crippen molar-refractivity contribution in [3.63, 3.8) is 0 Å². The molecular weight excluding hydrogens is 884 g/mol. The molecule has 2 aromatic carbocycles. The second-order valence-electron chi connectivity index (χ2n) is 15.0. The molecule has 2 fully saturated rings. The van der Waals surface area contributed by atoms with Gasteiger partial charge in [0.05, 0.1) is 50.0 Å². The predicted octanol–water partition coefficient (Wildman–Crippen LogP) is 9.11. The van der Waals surface area contributed by atoms with Gasteiger partial charge in [0.1, 0.15) is 11.8 Å². The van der Waals surface area contributed by atoms with Gasteiger partial charge in [0, 0.05) is 81.7 Å². The number of aromatic amines is 2. The highest BCUT2D eigenvalue weighted by atomic mass is 79.9. The number of hydrogen-bond acceptors (Lipinski definition) is 8. The van der Waals surface area contributed by atoms with Gasteiger partial charge in [-0.15, -0.1) is 0 Å². The van der Waals surface area contributed by atoms with E-state index in [1.807, 2.05) is 66.7 Å². The number of H-pyrrole nitrogens is 2. The standard InChI is InChI=1S/C48H34Br2N6O4/c49-32-7-10-35-37(23-32)41-45(55-43(35)28-13-18-59-19-14-28)30(25-53-47(41)57)5-4-27-12-17-52-39(21-27)40-22-29(15-20-60-40)44-36-11-8-33(50)24-38(36)42-46(56-44)31(26-54-48(42)58)6-9-34-3-1-2-16-51-34/h1-3,7-8,10-12,16-17,21,23-26,28-29,40H,13-15,18-20,22H2,(H,53,57)(H,54,58). The topological polar surface area (TPSA) is 136 Å². The molecule has 8 heterocycles. The highest BCUT2D eigenvalue weighted by molar-refractivity contribution is 9.10. The Bertz CT molecular complexity index is 3270. The Balaban J connectivity index is 1.01. The molecule has 2 unspecified atom stereocenters. The Hall–Kier alpha value is -6.02. The third-order valence-electron chi connectivity index (χ3n) is 11.4. The third-order valence-corrected chi connectivity index (χ3v) is 12.4. The molecule has 2 N–H and O–H groups in total. The van der Waals surface area contributed by atoms with Crippen molar-refractivity contribution in [2.45, 2.75) is 43.6 Å². The van der Waals surface area contributed by atoms with Crippen molar-refractivity contribution in [3.05, 3.63) is 161 Å². The van der Waals surface area contributed by atoms with E-state index < -0.39 is 0 Å². The lowest BCUT2D eigenvalue weighted by molar-refractivity contribution is 0.00237. The summed E-state index contributed by atoms with van der Waals surface area (Å²) in [4.78, 5) is 52.1. The monoisotopic (exact) mass is 916 g/mol. The van der Waals surface area contributed by atoms with Crippen LogP contribution in [-0.2, 0) is 9.47 Å². The molecule has 0 radical (unpaired) electrons. The maximum Gasteiger partial charge on any atom is 0.258 e. The number of pyridine rings is 6. The zero-order valence-electron chi connectivity index (χ0n) is 32.0. The molecule has 0 bridgehead atoms. The first kappa shape index (κ1) is 38.2. The summed E-state index contributed by atoms with van der Waals surface area (Å²) < 4.78 is 13.8. The molecule has 2 aliphatic heterocycles. The second kappa shape index (κ2) is 16.2. The average Bonchev–Trinajstić information content (AvgIpc) is 3.28. The Kier molecular flexibility index (Phi) is 10.3. The Morgan fingerprint density at radius 3 is 1.92 bits per heavy atom. The lowest BCUT2D eigenvalue weighted by atomic mass is 9.87. The normalized spacial score (nSPS) is 17.0. The summed E-state index contributed by atoms with van der Waals surface area (Å²) in [5, 5.41) is 4.54. The molecule has 6 aromatic heterocycles. The number of benzene rings is 2. The van der Waals surface area contributed by atoms with Crippen molar-refractivity contribution < 1.29 is 9.47 Å². The van der Waals surface area contributed by atoms with Gasteiger partial charge in [-0.2, -0.15) is 0 Å². The van der Waals surface area contributed by atoms with Gasteiger partial charge in [-0.3, -0.25) is 24.5 Å². The zero-order valence-corrected chi connectivity index (χ0v) is 35.2. The van der Waals surface area contributed by atoms with Crippen LogP contribution in [-0.4, -0.2) is 49.7 Å². The predicted molar refractivity (Wildman–Crippen MR) is 239 cm³/mol.